The van der Waals surface area contributed by atoms with Crippen LogP contribution in [0.3, 0.4) is 0 Å². The van der Waals surface area contributed by atoms with Gasteiger partial charge in [-0.05, 0) is 35.8 Å². The van der Waals surface area contributed by atoms with E-state index in [1.165, 1.54) is 11.1 Å². The molecule has 94 valence electrons. The van der Waals surface area contributed by atoms with Crippen LogP contribution in [0.4, 0.5) is 0 Å². The summed E-state index contributed by atoms with van der Waals surface area (Å²) in [6.45, 7) is 12.6. The topological polar surface area (TPSA) is 23.8 Å². The summed E-state index contributed by atoms with van der Waals surface area (Å²) < 4.78 is 0. The SMILES string of the molecule is CC.CSc1c(C)cc(C(C)(C)C)cc1C#N. The molecule has 0 aliphatic rings. The van der Waals surface area contributed by atoms with Gasteiger partial charge < -0.3 is 0 Å². The molecular weight excluding hydrogens is 226 g/mol. The van der Waals surface area contributed by atoms with Gasteiger partial charge in [-0.15, -0.1) is 11.8 Å². The second-order valence-electron chi connectivity index (χ2n) is 4.74. The van der Waals surface area contributed by atoms with Crippen LogP contribution >= 0.6 is 11.8 Å². The van der Waals surface area contributed by atoms with E-state index in [9.17, 15) is 0 Å². The molecule has 0 aliphatic heterocycles. The van der Waals surface area contributed by atoms with Crippen LogP contribution in [0.25, 0.3) is 0 Å². The van der Waals surface area contributed by atoms with E-state index in [1.54, 1.807) is 11.8 Å². The minimum absolute atomic E-state index is 0.104. The molecule has 0 saturated heterocycles. The minimum Gasteiger partial charge on any atom is -0.192 e. The zero-order chi connectivity index (χ0) is 13.6. The van der Waals surface area contributed by atoms with Crippen molar-refractivity contribution in [3.05, 3.63) is 28.8 Å². The molecule has 2 heteroatoms. The summed E-state index contributed by atoms with van der Waals surface area (Å²) in [7, 11) is 0. The Labute approximate surface area is 110 Å². The number of benzene rings is 1. The molecule has 0 aliphatic carbocycles. The van der Waals surface area contributed by atoms with Crippen LogP contribution in [0.15, 0.2) is 17.0 Å². The lowest BCUT2D eigenvalue weighted by Gasteiger charge is -2.21. The maximum Gasteiger partial charge on any atom is 0.100 e. The summed E-state index contributed by atoms with van der Waals surface area (Å²) >= 11 is 1.64. The van der Waals surface area contributed by atoms with E-state index >= 15 is 0 Å². The van der Waals surface area contributed by atoms with E-state index in [-0.39, 0.29) is 5.41 Å². The fourth-order valence-electron chi connectivity index (χ4n) is 1.56. The molecule has 0 saturated carbocycles. The zero-order valence-electron chi connectivity index (χ0n) is 12.0. The van der Waals surface area contributed by atoms with Crippen molar-refractivity contribution >= 4 is 11.8 Å². The Bertz CT molecular complexity index is 408. The first-order chi connectivity index (χ1) is 7.90. The first-order valence-corrected chi connectivity index (χ1v) is 7.22. The van der Waals surface area contributed by atoms with E-state index < -0.39 is 0 Å². The van der Waals surface area contributed by atoms with Gasteiger partial charge in [-0.1, -0.05) is 40.7 Å². The first-order valence-electron chi connectivity index (χ1n) is 5.99. The number of nitrogens with zero attached hydrogens (tertiary/aromatic N) is 1. The van der Waals surface area contributed by atoms with Crippen molar-refractivity contribution in [3.63, 3.8) is 0 Å². The van der Waals surface area contributed by atoms with E-state index in [1.807, 2.05) is 26.2 Å². The van der Waals surface area contributed by atoms with Crippen LogP contribution in [0, 0.1) is 18.3 Å². The van der Waals surface area contributed by atoms with Gasteiger partial charge >= 0.3 is 0 Å². The van der Waals surface area contributed by atoms with Crippen molar-refractivity contribution in [1.82, 2.24) is 0 Å². The van der Waals surface area contributed by atoms with Gasteiger partial charge in [0.1, 0.15) is 6.07 Å². The number of hydrogen-bond donors (Lipinski definition) is 0. The van der Waals surface area contributed by atoms with Crippen LogP contribution in [0.1, 0.15) is 51.3 Å². The highest BCUT2D eigenvalue weighted by atomic mass is 32.2. The van der Waals surface area contributed by atoms with E-state index in [4.69, 9.17) is 5.26 Å². The third kappa shape index (κ3) is 4.09. The normalized spacial score (nSPS) is 10.2. The molecule has 17 heavy (non-hydrogen) atoms. The van der Waals surface area contributed by atoms with Gasteiger partial charge in [-0.2, -0.15) is 5.26 Å². The number of thioether (sulfide) groups is 1. The Morgan fingerprint density at radius 2 is 1.71 bits per heavy atom. The third-order valence-corrected chi connectivity index (χ3v) is 3.42. The maximum absolute atomic E-state index is 9.10. The largest absolute Gasteiger partial charge is 0.192 e. The van der Waals surface area contributed by atoms with Crippen molar-refractivity contribution in [3.8, 4) is 6.07 Å². The van der Waals surface area contributed by atoms with Crippen LogP contribution in [-0.2, 0) is 5.41 Å². The highest BCUT2D eigenvalue weighted by Crippen LogP contribution is 2.30. The zero-order valence-corrected chi connectivity index (χ0v) is 12.8. The summed E-state index contributed by atoms with van der Waals surface area (Å²) in [6, 6.07) is 6.48. The van der Waals surface area contributed by atoms with Crippen molar-refractivity contribution in [1.29, 1.82) is 5.26 Å². The Morgan fingerprint density at radius 3 is 2.06 bits per heavy atom. The minimum atomic E-state index is 0.104. The van der Waals surface area contributed by atoms with Crippen molar-refractivity contribution < 1.29 is 0 Å². The Hall–Kier alpha value is -0.940. The van der Waals surface area contributed by atoms with Crippen molar-refractivity contribution in [2.24, 2.45) is 0 Å². The van der Waals surface area contributed by atoms with Crippen molar-refractivity contribution in [2.45, 2.75) is 51.9 Å². The summed E-state index contributed by atoms with van der Waals surface area (Å²) in [4.78, 5) is 1.10. The van der Waals surface area contributed by atoms with E-state index in [0.717, 1.165) is 10.5 Å². The molecule has 0 amide bonds. The summed E-state index contributed by atoms with van der Waals surface area (Å²) in [5.74, 6) is 0. The average Bonchev–Trinajstić information content (AvgIpc) is 2.29. The first kappa shape index (κ1) is 16.1. The molecule has 0 bridgehead atoms. The molecule has 0 N–H and O–H groups in total. The summed E-state index contributed by atoms with van der Waals surface area (Å²) in [5, 5.41) is 9.10. The molecule has 1 nitrogen and oxygen atoms in total. The third-order valence-electron chi connectivity index (χ3n) is 2.47. The van der Waals surface area contributed by atoms with Gasteiger partial charge in [-0.3, -0.25) is 0 Å². The highest BCUT2D eigenvalue weighted by molar-refractivity contribution is 7.98. The van der Waals surface area contributed by atoms with Gasteiger partial charge in [-0.25, -0.2) is 0 Å². The Kier molecular flexibility index (Phi) is 6.34. The van der Waals surface area contributed by atoms with E-state index in [2.05, 4.69) is 39.8 Å². The van der Waals surface area contributed by atoms with Crippen LogP contribution in [0.2, 0.25) is 0 Å². The second-order valence-corrected chi connectivity index (χ2v) is 5.55. The molecule has 0 unspecified atom stereocenters. The molecular formula is C15H23NS. The van der Waals surface area contributed by atoms with Gasteiger partial charge in [0.25, 0.3) is 0 Å². The van der Waals surface area contributed by atoms with Gasteiger partial charge in [0, 0.05) is 4.90 Å². The van der Waals surface area contributed by atoms with Crippen LogP contribution in [0.5, 0.6) is 0 Å². The molecule has 0 atom stereocenters. The van der Waals surface area contributed by atoms with E-state index in [0.29, 0.717) is 0 Å². The molecule has 1 aromatic rings. The molecule has 0 aromatic heterocycles. The predicted octanol–water partition coefficient (Wildman–Crippen LogP) is 4.91. The summed E-state index contributed by atoms with van der Waals surface area (Å²) in [5.41, 5.74) is 3.33. The van der Waals surface area contributed by atoms with Crippen LogP contribution in [-0.4, -0.2) is 6.26 Å². The number of nitriles is 1. The Balaban J connectivity index is 0.00000121. The lowest BCUT2D eigenvalue weighted by Crippen LogP contribution is -2.12. The monoisotopic (exact) mass is 249 g/mol. The summed E-state index contributed by atoms with van der Waals surface area (Å²) in [6.07, 6.45) is 2.01. The molecule has 0 fully saturated rings. The van der Waals surface area contributed by atoms with Gasteiger partial charge in [0.15, 0.2) is 0 Å². The molecule has 0 radical (unpaired) electrons. The van der Waals surface area contributed by atoms with Gasteiger partial charge in [0.2, 0.25) is 0 Å². The lowest BCUT2D eigenvalue weighted by atomic mass is 9.85. The second kappa shape index (κ2) is 6.71. The van der Waals surface area contributed by atoms with Gasteiger partial charge in [0.05, 0.1) is 5.56 Å². The molecule has 0 spiro atoms. The number of rotatable bonds is 1. The van der Waals surface area contributed by atoms with Crippen molar-refractivity contribution in [2.75, 3.05) is 6.26 Å². The molecule has 0 heterocycles. The van der Waals surface area contributed by atoms with Crippen LogP contribution < -0.4 is 0 Å². The quantitative estimate of drug-likeness (QED) is 0.660. The number of hydrogen-bond acceptors (Lipinski definition) is 2. The lowest BCUT2D eigenvalue weighted by molar-refractivity contribution is 0.589. The standard InChI is InChI=1S/C13H17NS.C2H6/c1-9-6-11(13(2,3)4)7-10(8-14)12(9)15-5;1-2/h6-7H,1-5H3;1-2H3. The molecule has 1 rings (SSSR count). The predicted molar refractivity (Wildman–Crippen MR) is 77.7 cm³/mol. The average molecular weight is 249 g/mol. The smallest absolute Gasteiger partial charge is 0.100 e. The Morgan fingerprint density at radius 1 is 1.18 bits per heavy atom. The fourth-order valence-corrected chi connectivity index (χ4v) is 2.27. The highest BCUT2D eigenvalue weighted by Gasteiger charge is 2.17. The maximum atomic E-state index is 9.10. The number of aryl methyl sites for hydroxylation is 1. The fraction of sp³-hybridized carbons (Fsp3) is 0.533. The molecule has 1 aromatic carbocycles.